The van der Waals surface area contributed by atoms with Crippen LogP contribution in [0.4, 0.5) is 18.9 Å². The Morgan fingerprint density at radius 1 is 1.32 bits per heavy atom. The number of carboxylic acids is 1. The minimum Gasteiger partial charge on any atom is -0.475 e. The third-order valence-electron chi connectivity index (χ3n) is 1.77. The summed E-state index contributed by atoms with van der Waals surface area (Å²) < 4.78 is 31.7. The molecule has 0 unspecified atom stereocenters. The number of alkyl halides is 3. The molecule has 0 bridgehead atoms. The van der Waals surface area contributed by atoms with Gasteiger partial charge in [0.05, 0.1) is 0 Å². The Kier molecular flexibility index (Phi) is 7.81. The summed E-state index contributed by atoms with van der Waals surface area (Å²) >= 11 is 0. The molecule has 0 heterocycles. The summed E-state index contributed by atoms with van der Waals surface area (Å²) in [6, 6.07) is 7.10. The number of rotatable bonds is 1. The number of nitrogens with one attached hydrogen (secondary N) is 1. The predicted octanol–water partition coefficient (Wildman–Crippen LogP) is 1.32. The molecule has 1 amide bonds. The molecule has 0 radical (unpaired) electrons. The number of hydrogen-bond acceptors (Lipinski definition) is 4. The molecule has 22 heavy (non-hydrogen) atoms. The van der Waals surface area contributed by atoms with Crippen LogP contribution in [-0.2, 0) is 9.59 Å². The smallest absolute Gasteiger partial charge is 0.475 e. The van der Waals surface area contributed by atoms with Gasteiger partial charge < -0.3 is 10.8 Å². The molecule has 0 aliphatic carbocycles. The fourth-order valence-corrected chi connectivity index (χ4v) is 0.896. The van der Waals surface area contributed by atoms with Crippen molar-refractivity contribution in [2.24, 2.45) is 0 Å². The second kappa shape index (κ2) is 9.04. The van der Waals surface area contributed by atoms with E-state index in [0.717, 1.165) is 11.6 Å². The quantitative estimate of drug-likeness (QED) is 0.205. The summed E-state index contributed by atoms with van der Waals surface area (Å²) in [5, 5.41) is 15.3. The maximum atomic E-state index is 10.6. The topological polar surface area (TPSA) is 113 Å². The van der Waals surface area contributed by atoms with E-state index < -0.39 is 18.1 Å². The Hall–Kier alpha value is -2.99. The van der Waals surface area contributed by atoms with Crippen LogP contribution in [-0.4, -0.2) is 28.4 Å². The van der Waals surface area contributed by atoms with E-state index in [1.807, 2.05) is 6.07 Å². The van der Waals surface area contributed by atoms with E-state index in [2.05, 4.69) is 11.8 Å². The van der Waals surface area contributed by atoms with Crippen molar-refractivity contribution in [2.45, 2.75) is 6.18 Å². The molecule has 9 heteroatoms. The molecule has 1 aromatic rings. The number of nitrogens with two attached hydrogens (primary N) is 1. The number of amides is 1. The number of halogens is 3. The number of carbonyl (C=O) groups is 2. The average molecular weight is 316 g/mol. The average Bonchev–Trinajstić information content (AvgIpc) is 2.43. The van der Waals surface area contributed by atoms with E-state index in [0.29, 0.717) is 5.69 Å². The summed E-state index contributed by atoms with van der Waals surface area (Å²) in [6.45, 7) is 0. The van der Waals surface area contributed by atoms with Gasteiger partial charge >= 0.3 is 12.1 Å². The van der Waals surface area contributed by atoms with Gasteiger partial charge in [0.1, 0.15) is 0 Å². The summed E-state index contributed by atoms with van der Waals surface area (Å²) in [5.41, 5.74) is 8.41. The molecule has 0 saturated carbocycles. The van der Waals surface area contributed by atoms with Gasteiger partial charge in [0.15, 0.2) is 0 Å². The van der Waals surface area contributed by atoms with Gasteiger partial charge in [0, 0.05) is 17.3 Å². The van der Waals surface area contributed by atoms with Crippen molar-refractivity contribution in [1.29, 1.82) is 0 Å². The van der Waals surface area contributed by atoms with Crippen LogP contribution >= 0.6 is 0 Å². The molecule has 1 rings (SSSR count). The van der Waals surface area contributed by atoms with Crippen molar-refractivity contribution >= 4 is 17.6 Å². The molecular formula is C13H11F3N2O4. The van der Waals surface area contributed by atoms with Gasteiger partial charge in [0.25, 0.3) is 5.91 Å². The Morgan fingerprint density at radius 3 is 2.36 bits per heavy atom. The first kappa shape index (κ1) is 19.0. The monoisotopic (exact) mass is 316 g/mol. The second-order valence-electron chi connectivity index (χ2n) is 3.51. The zero-order chi connectivity index (χ0) is 17.2. The SMILES string of the molecule is Nc1cccc(C#CC=CC(=O)NO)c1.O=C(O)C(F)(F)F. The molecule has 0 aliphatic rings. The minimum atomic E-state index is -5.08. The van der Waals surface area contributed by atoms with Crippen LogP contribution in [0, 0.1) is 11.8 Å². The normalized spacial score (nSPS) is 10.0. The lowest BCUT2D eigenvalue weighted by molar-refractivity contribution is -0.192. The summed E-state index contributed by atoms with van der Waals surface area (Å²) in [6.07, 6.45) is -2.62. The number of hydroxylamine groups is 1. The summed E-state index contributed by atoms with van der Waals surface area (Å²) in [4.78, 5) is 19.4. The zero-order valence-corrected chi connectivity index (χ0v) is 10.9. The van der Waals surface area contributed by atoms with Gasteiger partial charge in [0.2, 0.25) is 0 Å². The van der Waals surface area contributed by atoms with Gasteiger partial charge in [-0.05, 0) is 24.3 Å². The standard InChI is InChI=1S/C11H10N2O2.C2HF3O2/c12-10-6-3-5-9(8-10)4-1-2-7-11(14)13-15;3-2(4,5)1(6)7/h2-3,5-8,15H,12H2,(H,13,14);(H,6,7). The first-order valence-corrected chi connectivity index (χ1v) is 5.44. The number of benzene rings is 1. The minimum absolute atomic E-state index is 0.614. The molecule has 0 saturated heterocycles. The van der Waals surface area contributed by atoms with Gasteiger partial charge in [-0.25, -0.2) is 10.3 Å². The van der Waals surface area contributed by atoms with E-state index in [4.69, 9.17) is 20.8 Å². The number of allylic oxidation sites excluding steroid dienone is 1. The highest BCUT2D eigenvalue weighted by Gasteiger charge is 2.38. The van der Waals surface area contributed by atoms with E-state index in [1.165, 1.54) is 11.6 Å². The van der Waals surface area contributed by atoms with Gasteiger partial charge in [-0.2, -0.15) is 13.2 Å². The van der Waals surface area contributed by atoms with Crippen LogP contribution in [0.15, 0.2) is 36.4 Å². The maximum Gasteiger partial charge on any atom is 0.490 e. The second-order valence-corrected chi connectivity index (χ2v) is 3.51. The third-order valence-corrected chi connectivity index (χ3v) is 1.77. The number of hydrogen-bond donors (Lipinski definition) is 4. The van der Waals surface area contributed by atoms with Crippen molar-refractivity contribution in [3.8, 4) is 11.8 Å². The fourth-order valence-electron chi connectivity index (χ4n) is 0.896. The van der Waals surface area contributed by atoms with Crippen LogP contribution in [0.2, 0.25) is 0 Å². The Labute approximate surface area is 123 Å². The Morgan fingerprint density at radius 2 is 1.91 bits per heavy atom. The molecule has 0 spiro atoms. The third kappa shape index (κ3) is 9.00. The lowest BCUT2D eigenvalue weighted by atomic mass is 10.2. The number of anilines is 1. The highest BCUT2D eigenvalue weighted by molar-refractivity contribution is 5.86. The molecule has 1 aromatic carbocycles. The lowest BCUT2D eigenvalue weighted by Gasteiger charge is -1.93. The van der Waals surface area contributed by atoms with Crippen molar-refractivity contribution in [1.82, 2.24) is 5.48 Å². The van der Waals surface area contributed by atoms with Crippen molar-refractivity contribution in [2.75, 3.05) is 5.73 Å². The Balaban J connectivity index is 0.000000534. The van der Waals surface area contributed by atoms with Gasteiger partial charge in [-0.3, -0.25) is 10.0 Å². The summed E-state index contributed by atoms with van der Waals surface area (Å²) in [5.74, 6) is 2.05. The summed E-state index contributed by atoms with van der Waals surface area (Å²) in [7, 11) is 0. The largest absolute Gasteiger partial charge is 0.490 e. The zero-order valence-electron chi connectivity index (χ0n) is 10.9. The molecule has 0 aromatic heterocycles. The number of carboxylic acid groups (broad SMARTS) is 1. The van der Waals surface area contributed by atoms with Gasteiger partial charge in [-0.15, -0.1) is 0 Å². The highest BCUT2D eigenvalue weighted by atomic mass is 19.4. The molecule has 6 nitrogen and oxygen atoms in total. The fraction of sp³-hybridized carbons (Fsp3) is 0.0769. The number of aliphatic carboxylic acids is 1. The van der Waals surface area contributed by atoms with Crippen molar-refractivity contribution < 1.29 is 33.1 Å². The first-order chi connectivity index (χ1) is 10.2. The highest BCUT2D eigenvalue weighted by Crippen LogP contribution is 2.13. The molecule has 0 aliphatic heterocycles. The van der Waals surface area contributed by atoms with Crippen LogP contribution in [0.3, 0.4) is 0 Å². The maximum absolute atomic E-state index is 10.6. The molecule has 118 valence electrons. The van der Waals surface area contributed by atoms with Crippen LogP contribution in [0.5, 0.6) is 0 Å². The molecular weight excluding hydrogens is 305 g/mol. The van der Waals surface area contributed by atoms with Crippen molar-refractivity contribution in [3.05, 3.63) is 42.0 Å². The molecule has 0 atom stereocenters. The molecule has 0 fully saturated rings. The van der Waals surface area contributed by atoms with E-state index in [-0.39, 0.29) is 0 Å². The van der Waals surface area contributed by atoms with E-state index in [9.17, 15) is 18.0 Å². The van der Waals surface area contributed by atoms with Gasteiger partial charge in [-0.1, -0.05) is 17.9 Å². The van der Waals surface area contributed by atoms with E-state index in [1.54, 1.807) is 18.2 Å². The Bertz CT molecular complexity index is 616. The predicted molar refractivity (Wildman–Crippen MR) is 70.5 cm³/mol. The molecule has 5 N–H and O–H groups in total. The van der Waals surface area contributed by atoms with Crippen molar-refractivity contribution in [3.63, 3.8) is 0 Å². The van der Waals surface area contributed by atoms with Crippen LogP contribution in [0.1, 0.15) is 5.56 Å². The number of nitrogen functional groups attached to an aromatic ring is 1. The van der Waals surface area contributed by atoms with E-state index >= 15 is 0 Å². The lowest BCUT2D eigenvalue weighted by Crippen LogP contribution is -2.21. The number of carbonyl (C=O) groups excluding carboxylic acids is 1. The van der Waals surface area contributed by atoms with Crippen LogP contribution < -0.4 is 11.2 Å². The first-order valence-electron chi connectivity index (χ1n) is 5.44. The van der Waals surface area contributed by atoms with Crippen LogP contribution in [0.25, 0.3) is 0 Å².